The number of ether oxygens (including phenoxy) is 1. The standard InChI is InChI=1S/C26H42N2O4.C7H6F2/c1-4-12-28(13-5-2)26(31)23-17-20(3)16-22(18-23)25(30)27-19-24(29)11-15-32-14-10-21-8-6-7-9-21;1-5-2-6(8)4-7(9)3-5/h16-18,21,24,29H,4-15,19H2,1-3H3,(H,27,30);2-4H,1H3. The SMILES string of the molecule is CCCN(CCC)C(=O)c1cc(C)cc(C(=O)NCC(O)CCOCCC2CCCC2)c1.Cc1cc(F)cc(F)c1. The van der Waals surface area contributed by atoms with Crippen LogP contribution in [0.25, 0.3) is 0 Å². The lowest BCUT2D eigenvalue weighted by Gasteiger charge is -2.22. The number of rotatable bonds is 14. The Bertz CT molecular complexity index is 1030. The molecule has 0 radical (unpaired) electrons. The summed E-state index contributed by atoms with van der Waals surface area (Å²) in [7, 11) is 0. The van der Waals surface area contributed by atoms with Crippen molar-refractivity contribution in [2.24, 2.45) is 5.92 Å². The molecule has 1 aliphatic carbocycles. The molecule has 1 saturated carbocycles. The molecule has 2 aromatic rings. The summed E-state index contributed by atoms with van der Waals surface area (Å²) in [6.45, 7) is 10.5. The third-order valence-electron chi connectivity index (χ3n) is 7.11. The molecule has 0 aliphatic heterocycles. The van der Waals surface area contributed by atoms with Crippen LogP contribution in [-0.4, -0.2) is 60.8 Å². The predicted octanol–water partition coefficient (Wildman–Crippen LogP) is 6.61. The molecule has 0 heterocycles. The number of aliphatic hydroxyl groups excluding tert-OH is 1. The van der Waals surface area contributed by atoms with Crippen molar-refractivity contribution in [1.29, 1.82) is 0 Å². The van der Waals surface area contributed by atoms with E-state index in [1.54, 1.807) is 19.1 Å². The van der Waals surface area contributed by atoms with Gasteiger partial charge in [0, 0.05) is 50.0 Å². The van der Waals surface area contributed by atoms with Crippen molar-refractivity contribution in [3.63, 3.8) is 0 Å². The molecule has 1 unspecified atom stereocenters. The number of amides is 2. The van der Waals surface area contributed by atoms with Gasteiger partial charge in [0.15, 0.2) is 0 Å². The Labute approximate surface area is 244 Å². The highest BCUT2D eigenvalue weighted by atomic mass is 19.1. The summed E-state index contributed by atoms with van der Waals surface area (Å²) in [5, 5.41) is 13.0. The van der Waals surface area contributed by atoms with Gasteiger partial charge in [-0.05, 0) is 86.9 Å². The normalized spacial score (nSPS) is 13.8. The Morgan fingerprint density at radius 1 is 0.927 bits per heavy atom. The number of halogens is 2. The lowest BCUT2D eigenvalue weighted by molar-refractivity contribution is 0.0708. The molecule has 1 aliphatic rings. The Morgan fingerprint density at radius 2 is 1.51 bits per heavy atom. The number of carbonyl (C=O) groups excluding carboxylic acids is 2. The number of hydrogen-bond donors (Lipinski definition) is 2. The number of nitrogens with one attached hydrogen (secondary N) is 1. The van der Waals surface area contributed by atoms with E-state index in [-0.39, 0.29) is 18.4 Å². The largest absolute Gasteiger partial charge is 0.391 e. The van der Waals surface area contributed by atoms with Gasteiger partial charge in [-0.1, -0.05) is 39.5 Å². The number of aliphatic hydroxyl groups is 1. The molecule has 41 heavy (non-hydrogen) atoms. The first-order valence-corrected chi connectivity index (χ1v) is 15.0. The van der Waals surface area contributed by atoms with Gasteiger partial charge >= 0.3 is 0 Å². The van der Waals surface area contributed by atoms with E-state index in [9.17, 15) is 23.5 Å². The van der Waals surface area contributed by atoms with Crippen molar-refractivity contribution in [3.8, 4) is 0 Å². The molecular weight excluding hydrogens is 526 g/mol. The molecule has 0 bridgehead atoms. The Hall–Kier alpha value is -2.84. The smallest absolute Gasteiger partial charge is 0.253 e. The Morgan fingerprint density at radius 3 is 2.10 bits per heavy atom. The number of aryl methyl sites for hydroxylation is 2. The van der Waals surface area contributed by atoms with E-state index >= 15 is 0 Å². The zero-order chi connectivity index (χ0) is 30.2. The van der Waals surface area contributed by atoms with Crippen LogP contribution in [0.1, 0.15) is 97.1 Å². The van der Waals surface area contributed by atoms with Crippen molar-refractivity contribution < 1.29 is 28.2 Å². The molecule has 0 aromatic heterocycles. The van der Waals surface area contributed by atoms with E-state index in [1.165, 1.54) is 37.8 Å². The Balaban J connectivity index is 0.000000553. The molecule has 2 N–H and O–H groups in total. The lowest BCUT2D eigenvalue weighted by atomic mass is 10.0. The molecular formula is C33H48F2N2O4. The van der Waals surface area contributed by atoms with E-state index in [1.807, 2.05) is 17.9 Å². The summed E-state index contributed by atoms with van der Waals surface area (Å²) in [4.78, 5) is 27.4. The topological polar surface area (TPSA) is 78.9 Å². The molecule has 6 nitrogen and oxygen atoms in total. The monoisotopic (exact) mass is 574 g/mol. The van der Waals surface area contributed by atoms with Gasteiger partial charge in [0.1, 0.15) is 11.6 Å². The fraction of sp³-hybridized carbons (Fsp3) is 0.576. The summed E-state index contributed by atoms with van der Waals surface area (Å²) in [5.74, 6) is -0.552. The zero-order valence-electron chi connectivity index (χ0n) is 25.2. The second-order valence-corrected chi connectivity index (χ2v) is 11.0. The molecule has 1 fully saturated rings. The molecule has 8 heteroatoms. The third kappa shape index (κ3) is 13.1. The van der Waals surface area contributed by atoms with E-state index in [4.69, 9.17) is 4.74 Å². The maximum Gasteiger partial charge on any atom is 0.253 e. The summed E-state index contributed by atoms with van der Waals surface area (Å²) in [6, 6.07) is 8.67. The van der Waals surface area contributed by atoms with Crippen molar-refractivity contribution in [1.82, 2.24) is 10.2 Å². The highest BCUT2D eigenvalue weighted by Gasteiger charge is 2.18. The van der Waals surface area contributed by atoms with Crippen LogP contribution >= 0.6 is 0 Å². The van der Waals surface area contributed by atoms with Gasteiger partial charge in [0.2, 0.25) is 0 Å². The van der Waals surface area contributed by atoms with Crippen LogP contribution in [0, 0.1) is 31.4 Å². The summed E-state index contributed by atoms with van der Waals surface area (Å²) in [6.07, 6.45) is 8.06. The van der Waals surface area contributed by atoms with Crippen molar-refractivity contribution >= 4 is 11.8 Å². The first-order valence-electron chi connectivity index (χ1n) is 15.0. The van der Waals surface area contributed by atoms with Crippen LogP contribution in [0.2, 0.25) is 0 Å². The number of benzene rings is 2. The first kappa shape index (κ1) is 34.4. The average molecular weight is 575 g/mol. The lowest BCUT2D eigenvalue weighted by Crippen LogP contribution is -2.34. The summed E-state index contributed by atoms with van der Waals surface area (Å²) < 4.78 is 30.0. The van der Waals surface area contributed by atoms with Crippen LogP contribution in [0.15, 0.2) is 36.4 Å². The van der Waals surface area contributed by atoms with Gasteiger partial charge in [0.25, 0.3) is 11.8 Å². The Kier molecular flexibility index (Phi) is 15.6. The minimum Gasteiger partial charge on any atom is -0.391 e. The zero-order valence-corrected chi connectivity index (χ0v) is 25.2. The van der Waals surface area contributed by atoms with Crippen molar-refractivity contribution in [2.45, 2.75) is 85.2 Å². The van der Waals surface area contributed by atoms with Crippen LogP contribution in [0.5, 0.6) is 0 Å². The fourth-order valence-electron chi connectivity index (χ4n) is 5.05. The minimum absolute atomic E-state index is 0.0405. The first-order chi connectivity index (χ1) is 19.6. The second kappa shape index (κ2) is 18.6. The highest BCUT2D eigenvalue weighted by Crippen LogP contribution is 2.27. The fourth-order valence-corrected chi connectivity index (χ4v) is 5.05. The van der Waals surface area contributed by atoms with Gasteiger partial charge in [-0.3, -0.25) is 9.59 Å². The quantitative estimate of drug-likeness (QED) is 0.249. The van der Waals surface area contributed by atoms with E-state index in [0.717, 1.165) is 43.4 Å². The van der Waals surface area contributed by atoms with Crippen LogP contribution in [0.4, 0.5) is 8.78 Å². The van der Waals surface area contributed by atoms with Crippen LogP contribution in [-0.2, 0) is 4.74 Å². The van der Waals surface area contributed by atoms with Gasteiger partial charge in [-0.2, -0.15) is 0 Å². The molecule has 228 valence electrons. The van der Waals surface area contributed by atoms with E-state index < -0.39 is 17.7 Å². The minimum atomic E-state index is -0.652. The highest BCUT2D eigenvalue weighted by molar-refractivity contribution is 6.00. The van der Waals surface area contributed by atoms with E-state index in [2.05, 4.69) is 19.2 Å². The molecule has 0 spiro atoms. The van der Waals surface area contributed by atoms with Crippen molar-refractivity contribution in [3.05, 3.63) is 70.3 Å². The molecule has 1 atom stereocenters. The van der Waals surface area contributed by atoms with Crippen LogP contribution in [0.3, 0.4) is 0 Å². The van der Waals surface area contributed by atoms with Crippen LogP contribution < -0.4 is 5.32 Å². The summed E-state index contributed by atoms with van der Waals surface area (Å²) in [5.41, 5.74) is 2.45. The average Bonchev–Trinajstić information content (AvgIpc) is 3.44. The summed E-state index contributed by atoms with van der Waals surface area (Å²) >= 11 is 0. The predicted molar refractivity (Wildman–Crippen MR) is 159 cm³/mol. The molecule has 2 aromatic carbocycles. The van der Waals surface area contributed by atoms with Gasteiger partial charge in [0.05, 0.1) is 6.10 Å². The maximum absolute atomic E-state index is 12.9. The number of carbonyl (C=O) groups is 2. The van der Waals surface area contributed by atoms with E-state index in [0.29, 0.717) is 42.8 Å². The van der Waals surface area contributed by atoms with Gasteiger partial charge in [-0.25, -0.2) is 8.78 Å². The number of hydrogen-bond acceptors (Lipinski definition) is 4. The second-order valence-electron chi connectivity index (χ2n) is 11.0. The molecule has 0 saturated heterocycles. The van der Waals surface area contributed by atoms with Crippen molar-refractivity contribution in [2.75, 3.05) is 32.8 Å². The molecule has 3 rings (SSSR count). The third-order valence-corrected chi connectivity index (χ3v) is 7.11. The van der Waals surface area contributed by atoms with Gasteiger partial charge in [-0.15, -0.1) is 0 Å². The number of nitrogens with zero attached hydrogens (tertiary/aromatic N) is 1. The maximum atomic E-state index is 12.9. The molecule has 2 amide bonds. The van der Waals surface area contributed by atoms with Gasteiger partial charge < -0.3 is 20.1 Å².